The van der Waals surface area contributed by atoms with Crippen LogP contribution in [0, 0.1) is 12.7 Å². The number of fused-ring (bicyclic) bond motifs is 1. The van der Waals surface area contributed by atoms with Gasteiger partial charge in [-0.05, 0) is 30.5 Å². The van der Waals surface area contributed by atoms with Crippen molar-refractivity contribution in [1.29, 1.82) is 0 Å². The van der Waals surface area contributed by atoms with Crippen LogP contribution in [0.5, 0.6) is 0 Å². The topological polar surface area (TPSA) is 38.9 Å². The van der Waals surface area contributed by atoms with E-state index in [1.807, 2.05) is 13.0 Å². The molecule has 0 aliphatic heterocycles. The molecule has 14 heavy (non-hydrogen) atoms. The van der Waals surface area contributed by atoms with Crippen LogP contribution < -0.4 is 5.73 Å². The lowest BCUT2D eigenvalue weighted by atomic mass is 10.1. The average Bonchev–Trinajstić information content (AvgIpc) is 2.17. The number of aryl methyl sites for hydroxylation is 1. The van der Waals surface area contributed by atoms with Crippen molar-refractivity contribution < 1.29 is 4.39 Å². The van der Waals surface area contributed by atoms with Crippen LogP contribution in [0.2, 0.25) is 0 Å². The van der Waals surface area contributed by atoms with Crippen LogP contribution in [0.25, 0.3) is 10.8 Å². The Kier molecular flexibility index (Phi) is 2.17. The van der Waals surface area contributed by atoms with E-state index in [2.05, 4.69) is 4.98 Å². The Morgan fingerprint density at radius 2 is 2.14 bits per heavy atom. The first-order valence-electron chi connectivity index (χ1n) is 4.46. The number of benzene rings is 1. The van der Waals surface area contributed by atoms with Crippen LogP contribution in [0.15, 0.2) is 24.3 Å². The minimum atomic E-state index is -0.252. The molecular weight excluding hydrogens is 179 g/mol. The third-order valence-electron chi connectivity index (χ3n) is 2.20. The summed E-state index contributed by atoms with van der Waals surface area (Å²) in [7, 11) is 0. The van der Waals surface area contributed by atoms with Gasteiger partial charge in [-0.25, -0.2) is 4.39 Å². The van der Waals surface area contributed by atoms with E-state index in [4.69, 9.17) is 5.73 Å². The Hall–Kier alpha value is -1.48. The van der Waals surface area contributed by atoms with Crippen LogP contribution in [-0.4, -0.2) is 4.98 Å². The first-order valence-corrected chi connectivity index (χ1v) is 4.46. The smallest absolute Gasteiger partial charge is 0.123 e. The molecule has 0 aliphatic carbocycles. The summed E-state index contributed by atoms with van der Waals surface area (Å²) < 4.78 is 13.0. The summed E-state index contributed by atoms with van der Waals surface area (Å²) >= 11 is 0. The molecule has 2 N–H and O–H groups in total. The number of pyridine rings is 1. The molecule has 0 spiro atoms. The lowest BCUT2D eigenvalue weighted by Gasteiger charge is -2.05. The summed E-state index contributed by atoms with van der Waals surface area (Å²) in [6.07, 6.45) is 0. The first kappa shape index (κ1) is 9.09. The number of nitrogens with zero attached hydrogens (tertiary/aromatic N) is 1. The molecule has 2 aromatic rings. The minimum absolute atomic E-state index is 0.252. The molecule has 3 heteroatoms. The zero-order valence-electron chi connectivity index (χ0n) is 7.92. The second-order valence-electron chi connectivity index (χ2n) is 3.28. The van der Waals surface area contributed by atoms with Crippen molar-refractivity contribution in [3.63, 3.8) is 0 Å². The van der Waals surface area contributed by atoms with Crippen molar-refractivity contribution in [2.45, 2.75) is 13.5 Å². The molecule has 0 amide bonds. The Morgan fingerprint density at radius 3 is 2.86 bits per heavy atom. The van der Waals surface area contributed by atoms with E-state index >= 15 is 0 Å². The highest BCUT2D eigenvalue weighted by atomic mass is 19.1. The van der Waals surface area contributed by atoms with Gasteiger partial charge in [0, 0.05) is 17.6 Å². The summed E-state index contributed by atoms with van der Waals surface area (Å²) in [6.45, 7) is 2.24. The van der Waals surface area contributed by atoms with Gasteiger partial charge >= 0.3 is 0 Å². The second kappa shape index (κ2) is 3.35. The highest BCUT2D eigenvalue weighted by molar-refractivity contribution is 5.84. The van der Waals surface area contributed by atoms with Gasteiger partial charge in [0.15, 0.2) is 0 Å². The molecule has 1 heterocycles. The van der Waals surface area contributed by atoms with Crippen molar-refractivity contribution in [1.82, 2.24) is 4.98 Å². The molecule has 2 nitrogen and oxygen atoms in total. The molecular formula is C11H11FN2. The summed E-state index contributed by atoms with van der Waals surface area (Å²) in [5.74, 6) is -0.252. The largest absolute Gasteiger partial charge is 0.325 e. The predicted octanol–water partition coefficient (Wildman–Crippen LogP) is 2.14. The monoisotopic (exact) mass is 190 g/mol. The number of hydrogen-bond acceptors (Lipinski definition) is 2. The molecule has 0 unspecified atom stereocenters. The van der Waals surface area contributed by atoms with Gasteiger partial charge in [0.1, 0.15) is 5.82 Å². The zero-order valence-corrected chi connectivity index (χ0v) is 7.92. The van der Waals surface area contributed by atoms with E-state index in [0.717, 1.165) is 22.2 Å². The number of aromatic nitrogens is 1. The summed E-state index contributed by atoms with van der Waals surface area (Å²) in [5.41, 5.74) is 7.21. The lowest BCUT2D eigenvalue weighted by Crippen LogP contribution is -2.02. The van der Waals surface area contributed by atoms with Crippen LogP contribution in [0.1, 0.15) is 11.4 Å². The SMILES string of the molecule is Cc1cc2ccc(F)cc2c(CN)n1. The van der Waals surface area contributed by atoms with Gasteiger partial charge in [-0.3, -0.25) is 4.98 Å². The molecule has 0 bridgehead atoms. The van der Waals surface area contributed by atoms with Crippen molar-refractivity contribution in [3.05, 3.63) is 41.5 Å². The van der Waals surface area contributed by atoms with Gasteiger partial charge < -0.3 is 5.73 Å². The average molecular weight is 190 g/mol. The molecule has 2 rings (SSSR count). The summed E-state index contributed by atoms with van der Waals surface area (Å²) in [4.78, 5) is 4.27. The molecule has 1 aromatic heterocycles. The Labute approximate surface area is 81.6 Å². The molecule has 0 aliphatic rings. The molecule has 0 saturated heterocycles. The quantitative estimate of drug-likeness (QED) is 0.748. The van der Waals surface area contributed by atoms with Crippen LogP contribution >= 0.6 is 0 Å². The molecule has 72 valence electrons. The van der Waals surface area contributed by atoms with Crippen molar-refractivity contribution in [2.75, 3.05) is 0 Å². The number of halogens is 1. The maximum atomic E-state index is 13.0. The molecule has 0 atom stereocenters. The summed E-state index contributed by atoms with van der Waals surface area (Å²) in [6, 6.07) is 6.60. The van der Waals surface area contributed by atoms with E-state index in [0.29, 0.717) is 6.54 Å². The van der Waals surface area contributed by atoms with Crippen molar-refractivity contribution in [3.8, 4) is 0 Å². The molecule has 0 fully saturated rings. The Morgan fingerprint density at radius 1 is 1.36 bits per heavy atom. The lowest BCUT2D eigenvalue weighted by molar-refractivity contribution is 0.629. The molecule has 1 aromatic carbocycles. The number of nitrogens with two attached hydrogens (primary N) is 1. The Bertz CT molecular complexity index is 480. The Balaban J connectivity index is 2.81. The van der Waals surface area contributed by atoms with Gasteiger partial charge in [0.2, 0.25) is 0 Å². The van der Waals surface area contributed by atoms with E-state index in [9.17, 15) is 4.39 Å². The predicted molar refractivity (Wildman–Crippen MR) is 54.3 cm³/mol. The van der Waals surface area contributed by atoms with E-state index in [1.54, 1.807) is 6.07 Å². The molecule has 0 radical (unpaired) electrons. The van der Waals surface area contributed by atoms with Crippen molar-refractivity contribution >= 4 is 10.8 Å². The van der Waals surface area contributed by atoms with Crippen LogP contribution in [-0.2, 0) is 6.54 Å². The third-order valence-corrected chi connectivity index (χ3v) is 2.20. The maximum absolute atomic E-state index is 13.0. The fourth-order valence-electron chi connectivity index (χ4n) is 1.59. The van der Waals surface area contributed by atoms with Gasteiger partial charge in [-0.15, -0.1) is 0 Å². The van der Waals surface area contributed by atoms with Gasteiger partial charge in [-0.2, -0.15) is 0 Å². The second-order valence-corrected chi connectivity index (χ2v) is 3.28. The van der Waals surface area contributed by atoms with Crippen LogP contribution in [0.3, 0.4) is 0 Å². The fraction of sp³-hybridized carbons (Fsp3) is 0.182. The number of rotatable bonds is 1. The number of hydrogen-bond donors (Lipinski definition) is 1. The minimum Gasteiger partial charge on any atom is -0.325 e. The fourth-order valence-corrected chi connectivity index (χ4v) is 1.59. The van der Waals surface area contributed by atoms with Gasteiger partial charge in [0.25, 0.3) is 0 Å². The standard InChI is InChI=1S/C11H11FN2/c1-7-4-8-2-3-9(12)5-10(8)11(6-13)14-7/h2-5H,6,13H2,1H3. The normalized spacial score (nSPS) is 10.8. The maximum Gasteiger partial charge on any atom is 0.123 e. The van der Waals surface area contributed by atoms with Crippen LogP contribution in [0.4, 0.5) is 4.39 Å². The zero-order chi connectivity index (χ0) is 10.1. The first-order chi connectivity index (χ1) is 6.70. The van der Waals surface area contributed by atoms with Gasteiger partial charge in [-0.1, -0.05) is 6.07 Å². The van der Waals surface area contributed by atoms with E-state index < -0.39 is 0 Å². The van der Waals surface area contributed by atoms with Crippen molar-refractivity contribution in [2.24, 2.45) is 5.73 Å². The highest BCUT2D eigenvalue weighted by Crippen LogP contribution is 2.19. The van der Waals surface area contributed by atoms with E-state index in [-0.39, 0.29) is 5.82 Å². The van der Waals surface area contributed by atoms with Gasteiger partial charge in [0.05, 0.1) is 5.69 Å². The van der Waals surface area contributed by atoms with E-state index in [1.165, 1.54) is 12.1 Å². The molecule has 0 saturated carbocycles. The summed E-state index contributed by atoms with van der Waals surface area (Å²) in [5, 5.41) is 1.79. The highest BCUT2D eigenvalue weighted by Gasteiger charge is 2.03. The third kappa shape index (κ3) is 1.46.